The number of carbonyl (C=O) groups excluding carboxylic acids is 1. The zero-order chi connectivity index (χ0) is 24.4. The summed E-state index contributed by atoms with van der Waals surface area (Å²) < 4.78 is 5.96. The van der Waals surface area contributed by atoms with Gasteiger partial charge in [-0.3, -0.25) is 4.79 Å². The van der Waals surface area contributed by atoms with E-state index < -0.39 is 0 Å². The third kappa shape index (κ3) is 4.98. The van der Waals surface area contributed by atoms with Gasteiger partial charge >= 0.3 is 5.97 Å². The van der Waals surface area contributed by atoms with E-state index in [0.717, 1.165) is 43.1 Å². The van der Waals surface area contributed by atoms with E-state index in [-0.39, 0.29) is 18.0 Å². The van der Waals surface area contributed by atoms with E-state index in [1.807, 2.05) is 13.0 Å². The lowest BCUT2D eigenvalue weighted by atomic mass is 9.75. The molecule has 2 atom stereocenters. The quantitative estimate of drug-likeness (QED) is 0.210. The van der Waals surface area contributed by atoms with Gasteiger partial charge in [-0.1, -0.05) is 87.0 Å². The molecule has 1 aliphatic rings. The SMILES string of the molecule is CCC(C)C1CCC(C(=O)OC(C)c2ccc3c(ccc4cc(-c5ccccc5)ccc43)c2)CC1. The van der Waals surface area contributed by atoms with Gasteiger partial charge in [0.15, 0.2) is 0 Å². The van der Waals surface area contributed by atoms with Crippen molar-refractivity contribution in [2.24, 2.45) is 17.8 Å². The monoisotopic (exact) mass is 464 g/mol. The molecule has 0 spiro atoms. The van der Waals surface area contributed by atoms with Gasteiger partial charge in [0, 0.05) is 0 Å². The first kappa shape index (κ1) is 23.6. The average Bonchev–Trinajstić information content (AvgIpc) is 2.92. The fraction of sp³-hybridized carbons (Fsp3) is 0.364. The molecule has 4 aromatic carbocycles. The topological polar surface area (TPSA) is 26.3 Å². The van der Waals surface area contributed by atoms with E-state index in [1.165, 1.54) is 39.1 Å². The minimum Gasteiger partial charge on any atom is -0.458 e. The third-order valence-corrected chi connectivity index (χ3v) is 8.28. The molecule has 2 nitrogen and oxygen atoms in total. The summed E-state index contributed by atoms with van der Waals surface area (Å²) in [6, 6.07) is 28.0. The van der Waals surface area contributed by atoms with Crippen molar-refractivity contribution in [1.82, 2.24) is 0 Å². The Hall–Kier alpha value is -3.13. The Morgan fingerprint density at radius 3 is 2.14 bits per heavy atom. The van der Waals surface area contributed by atoms with Gasteiger partial charge in [-0.25, -0.2) is 0 Å². The van der Waals surface area contributed by atoms with E-state index in [1.54, 1.807) is 0 Å². The minimum atomic E-state index is -0.240. The van der Waals surface area contributed by atoms with Crippen molar-refractivity contribution in [2.75, 3.05) is 0 Å². The number of rotatable bonds is 6. The van der Waals surface area contributed by atoms with Crippen LogP contribution in [-0.2, 0) is 9.53 Å². The van der Waals surface area contributed by atoms with Crippen molar-refractivity contribution >= 4 is 27.5 Å². The molecule has 4 aromatic rings. The van der Waals surface area contributed by atoms with Crippen LogP contribution >= 0.6 is 0 Å². The molecule has 0 heterocycles. The standard InChI is InChI=1S/C33H36O2/c1-4-22(2)24-10-12-26(13-11-24)33(34)35-23(3)27-16-18-31-29(20-27)14-15-30-21-28(17-19-32(30)31)25-8-6-5-7-9-25/h5-9,14-24,26H,4,10-13H2,1-3H3. The van der Waals surface area contributed by atoms with Gasteiger partial charge in [-0.2, -0.15) is 0 Å². The number of benzene rings is 4. The number of carbonyl (C=O) groups is 1. The van der Waals surface area contributed by atoms with Gasteiger partial charge in [0.25, 0.3) is 0 Å². The molecule has 5 rings (SSSR count). The molecule has 0 N–H and O–H groups in total. The highest BCUT2D eigenvalue weighted by molar-refractivity contribution is 6.08. The Bertz CT molecular complexity index is 1320. The minimum absolute atomic E-state index is 0.0212. The summed E-state index contributed by atoms with van der Waals surface area (Å²) in [4.78, 5) is 12.9. The van der Waals surface area contributed by atoms with Crippen molar-refractivity contribution in [3.05, 3.63) is 84.4 Å². The Labute approximate surface area is 209 Å². The molecule has 1 saturated carbocycles. The fourth-order valence-electron chi connectivity index (χ4n) is 5.75. The van der Waals surface area contributed by atoms with Crippen molar-refractivity contribution in [3.8, 4) is 11.1 Å². The molecule has 0 saturated heterocycles. The zero-order valence-corrected chi connectivity index (χ0v) is 21.2. The average molecular weight is 465 g/mol. The van der Waals surface area contributed by atoms with Crippen LogP contribution in [-0.4, -0.2) is 5.97 Å². The summed E-state index contributed by atoms with van der Waals surface area (Å²) in [6.45, 7) is 6.61. The lowest BCUT2D eigenvalue weighted by Gasteiger charge is -2.31. The van der Waals surface area contributed by atoms with Gasteiger partial charge in [-0.05, 0) is 94.8 Å². The lowest BCUT2D eigenvalue weighted by Crippen LogP contribution is -2.26. The first-order chi connectivity index (χ1) is 17.0. The van der Waals surface area contributed by atoms with E-state index >= 15 is 0 Å². The van der Waals surface area contributed by atoms with Crippen LogP contribution in [0.15, 0.2) is 78.9 Å². The largest absolute Gasteiger partial charge is 0.458 e. The molecule has 0 aromatic heterocycles. The highest BCUT2D eigenvalue weighted by Gasteiger charge is 2.30. The molecule has 1 aliphatic carbocycles. The molecule has 0 bridgehead atoms. The van der Waals surface area contributed by atoms with E-state index in [2.05, 4.69) is 86.6 Å². The van der Waals surface area contributed by atoms with Gasteiger partial charge in [0.2, 0.25) is 0 Å². The maximum Gasteiger partial charge on any atom is 0.309 e. The first-order valence-electron chi connectivity index (χ1n) is 13.3. The highest BCUT2D eigenvalue weighted by atomic mass is 16.5. The summed E-state index contributed by atoms with van der Waals surface area (Å²) in [5.74, 6) is 1.55. The Morgan fingerprint density at radius 2 is 1.46 bits per heavy atom. The van der Waals surface area contributed by atoms with Crippen molar-refractivity contribution in [1.29, 1.82) is 0 Å². The fourth-order valence-corrected chi connectivity index (χ4v) is 5.75. The lowest BCUT2D eigenvalue weighted by molar-refractivity contribution is -0.155. The Balaban J connectivity index is 1.31. The molecule has 2 unspecified atom stereocenters. The van der Waals surface area contributed by atoms with Gasteiger partial charge in [0.1, 0.15) is 6.10 Å². The number of hydrogen-bond acceptors (Lipinski definition) is 2. The van der Waals surface area contributed by atoms with Crippen LogP contribution in [0.25, 0.3) is 32.7 Å². The molecular weight excluding hydrogens is 428 g/mol. The molecule has 180 valence electrons. The molecular formula is C33H36O2. The van der Waals surface area contributed by atoms with Crippen LogP contribution in [0.2, 0.25) is 0 Å². The summed E-state index contributed by atoms with van der Waals surface area (Å²) in [5.41, 5.74) is 3.51. The van der Waals surface area contributed by atoms with Crippen LogP contribution < -0.4 is 0 Å². The summed E-state index contributed by atoms with van der Waals surface area (Å²) in [6.07, 6.45) is 5.22. The maximum atomic E-state index is 12.9. The summed E-state index contributed by atoms with van der Waals surface area (Å²) in [5, 5.41) is 4.89. The van der Waals surface area contributed by atoms with Crippen molar-refractivity contribution in [3.63, 3.8) is 0 Å². The zero-order valence-electron chi connectivity index (χ0n) is 21.2. The molecule has 0 amide bonds. The molecule has 2 heteroatoms. The second kappa shape index (κ2) is 10.2. The van der Waals surface area contributed by atoms with Crippen molar-refractivity contribution in [2.45, 2.75) is 59.0 Å². The van der Waals surface area contributed by atoms with Gasteiger partial charge in [0.05, 0.1) is 5.92 Å². The van der Waals surface area contributed by atoms with E-state index in [4.69, 9.17) is 4.74 Å². The number of ether oxygens (including phenoxy) is 1. The second-order valence-electron chi connectivity index (χ2n) is 10.4. The maximum absolute atomic E-state index is 12.9. The summed E-state index contributed by atoms with van der Waals surface area (Å²) in [7, 11) is 0. The molecule has 0 radical (unpaired) electrons. The number of hydrogen-bond donors (Lipinski definition) is 0. The van der Waals surface area contributed by atoms with Crippen LogP contribution in [0, 0.1) is 17.8 Å². The van der Waals surface area contributed by atoms with Crippen molar-refractivity contribution < 1.29 is 9.53 Å². The molecule has 0 aliphatic heterocycles. The number of esters is 1. The smallest absolute Gasteiger partial charge is 0.309 e. The second-order valence-corrected chi connectivity index (χ2v) is 10.4. The van der Waals surface area contributed by atoms with E-state index in [0.29, 0.717) is 0 Å². The predicted octanol–water partition coefficient (Wildman–Crippen LogP) is 9.12. The molecule has 1 fully saturated rings. The van der Waals surface area contributed by atoms with E-state index in [9.17, 15) is 4.79 Å². The predicted molar refractivity (Wildman–Crippen MR) is 146 cm³/mol. The third-order valence-electron chi connectivity index (χ3n) is 8.28. The van der Waals surface area contributed by atoms with Crippen LogP contribution in [0.3, 0.4) is 0 Å². The van der Waals surface area contributed by atoms with Gasteiger partial charge < -0.3 is 4.74 Å². The summed E-state index contributed by atoms with van der Waals surface area (Å²) >= 11 is 0. The normalized spacial score (nSPS) is 20.0. The first-order valence-corrected chi connectivity index (χ1v) is 13.3. The van der Waals surface area contributed by atoms with Gasteiger partial charge in [-0.15, -0.1) is 0 Å². The highest BCUT2D eigenvalue weighted by Crippen LogP contribution is 2.36. The Morgan fingerprint density at radius 1 is 0.800 bits per heavy atom. The van der Waals surface area contributed by atoms with Crippen LogP contribution in [0.1, 0.15) is 64.5 Å². The molecule has 35 heavy (non-hydrogen) atoms. The Kier molecular flexibility index (Phi) is 6.90. The van der Waals surface area contributed by atoms with Crippen LogP contribution in [0.5, 0.6) is 0 Å². The number of fused-ring (bicyclic) bond motifs is 3. The van der Waals surface area contributed by atoms with Crippen LogP contribution in [0.4, 0.5) is 0 Å².